The summed E-state index contributed by atoms with van der Waals surface area (Å²) in [5, 5.41) is 0. The van der Waals surface area contributed by atoms with E-state index in [-0.39, 0.29) is 12.4 Å². The predicted molar refractivity (Wildman–Crippen MR) is 110 cm³/mol. The molecule has 0 N–H and O–H groups in total. The minimum absolute atomic E-state index is 0.0440. The van der Waals surface area contributed by atoms with Gasteiger partial charge in [-0.1, -0.05) is 36.4 Å². The lowest BCUT2D eigenvalue weighted by atomic mass is 9.89. The molecule has 0 amide bonds. The first-order valence-corrected chi connectivity index (χ1v) is 10.9. The summed E-state index contributed by atoms with van der Waals surface area (Å²) >= 11 is 0. The predicted octanol–water partition coefficient (Wildman–Crippen LogP) is 4.37. The number of ether oxygens (including phenoxy) is 2. The van der Waals surface area contributed by atoms with Crippen LogP contribution in [0.5, 0.6) is 0 Å². The maximum atomic E-state index is 12.7. The van der Waals surface area contributed by atoms with Crippen LogP contribution in [0.4, 0.5) is 0 Å². The maximum absolute atomic E-state index is 12.7. The molecule has 1 aromatic carbocycles. The minimum Gasteiger partial charge on any atom is -0.459 e. The van der Waals surface area contributed by atoms with Crippen LogP contribution in [0.15, 0.2) is 42.2 Å². The largest absolute Gasteiger partial charge is 0.459 e. The summed E-state index contributed by atoms with van der Waals surface area (Å²) in [6.07, 6.45) is 1.47. The van der Waals surface area contributed by atoms with E-state index in [9.17, 15) is 14.2 Å². The van der Waals surface area contributed by atoms with Crippen LogP contribution in [0.1, 0.15) is 33.3 Å². The van der Waals surface area contributed by atoms with E-state index in [0.29, 0.717) is 6.61 Å². The molecule has 2 atom stereocenters. The Hall–Kier alpha value is -1.79. The van der Waals surface area contributed by atoms with Crippen LogP contribution in [0.3, 0.4) is 0 Å². The number of benzene rings is 1. The van der Waals surface area contributed by atoms with Gasteiger partial charge in [-0.2, -0.15) is 0 Å². The zero-order valence-corrected chi connectivity index (χ0v) is 18.8. The summed E-state index contributed by atoms with van der Waals surface area (Å²) in [6.45, 7) is 6.84. The highest BCUT2D eigenvalue weighted by atomic mass is 31.2. The molecule has 29 heavy (non-hydrogen) atoms. The van der Waals surface area contributed by atoms with Gasteiger partial charge in [0, 0.05) is 26.0 Å². The topological polar surface area (TPSA) is 88.1 Å². The molecule has 1 aromatic rings. The lowest BCUT2D eigenvalue weighted by molar-refractivity contribution is -0.164. The molecule has 0 radical (unpaired) electrons. The summed E-state index contributed by atoms with van der Waals surface area (Å²) in [6, 6.07) is 9.50. The van der Waals surface area contributed by atoms with Crippen molar-refractivity contribution >= 4 is 19.3 Å². The maximum Gasteiger partial charge on any atom is 0.353 e. The first kappa shape index (κ1) is 25.2. The zero-order valence-electron chi connectivity index (χ0n) is 17.9. The highest BCUT2D eigenvalue weighted by molar-refractivity contribution is 7.57. The van der Waals surface area contributed by atoms with Crippen LogP contribution in [-0.2, 0) is 39.3 Å². The number of ketones is 1. The SMILES string of the molecule is COP(=O)(/C=C/C(COCc1ccccc1)C(C(C)=O)C(=O)OC(C)(C)C)OC. The van der Waals surface area contributed by atoms with E-state index in [1.807, 2.05) is 30.3 Å². The van der Waals surface area contributed by atoms with E-state index in [1.165, 1.54) is 33.0 Å². The molecule has 0 fully saturated rings. The summed E-state index contributed by atoms with van der Waals surface area (Å²) in [5.74, 6) is -1.60. The Bertz CT molecular complexity index is 729. The van der Waals surface area contributed by atoms with Gasteiger partial charge in [-0.15, -0.1) is 0 Å². The first-order chi connectivity index (χ1) is 13.5. The summed E-state index contributed by atoms with van der Waals surface area (Å²) in [4.78, 5) is 25.0. The van der Waals surface area contributed by atoms with Crippen LogP contribution in [-0.4, -0.2) is 38.2 Å². The molecule has 1 rings (SSSR count). The van der Waals surface area contributed by atoms with Gasteiger partial charge in [0.05, 0.1) is 13.2 Å². The lowest BCUT2D eigenvalue weighted by Gasteiger charge is -2.26. The standard InChI is InChI=1S/C21H31O7P/c1-16(22)19(20(23)28-21(2,3)4)18(12-13-29(24,25-5)26-6)15-27-14-17-10-8-7-9-11-17/h7-13,18-19H,14-15H2,1-6H3/b13-12+. The van der Waals surface area contributed by atoms with Gasteiger partial charge in [0.15, 0.2) is 0 Å². The van der Waals surface area contributed by atoms with E-state index >= 15 is 0 Å². The lowest BCUT2D eigenvalue weighted by Crippen LogP contribution is -2.37. The fourth-order valence-corrected chi connectivity index (χ4v) is 3.39. The number of hydrogen-bond donors (Lipinski definition) is 0. The third-order valence-corrected chi connectivity index (χ3v) is 5.53. The molecule has 7 nitrogen and oxygen atoms in total. The molecule has 0 saturated heterocycles. The Morgan fingerprint density at radius 1 is 1.10 bits per heavy atom. The fourth-order valence-electron chi connectivity index (χ4n) is 2.57. The van der Waals surface area contributed by atoms with Gasteiger partial charge in [-0.25, -0.2) is 0 Å². The number of Topliss-reactive ketones (excluding diaryl/α,β-unsaturated/α-hetero) is 1. The second kappa shape index (κ2) is 11.4. The summed E-state index contributed by atoms with van der Waals surface area (Å²) in [7, 11) is -0.954. The van der Waals surface area contributed by atoms with E-state index in [4.69, 9.17) is 18.5 Å². The van der Waals surface area contributed by atoms with Crippen LogP contribution in [0.25, 0.3) is 0 Å². The molecular weight excluding hydrogens is 395 g/mol. The summed E-state index contributed by atoms with van der Waals surface area (Å²) < 4.78 is 33.3. The number of carbonyl (C=O) groups is 2. The van der Waals surface area contributed by atoms with Gasteiger partial charge >= 0.3 is 13.6 Å². The van der Waals surface area contributed by atoms with Crippen molar-refractivity contribution in [3.63, 3.8) is 0 Å². The fraction of sp³-hybridized carbons (Fsp3) is 0.524. The molecule has 162 valence electrons. The molecule has 0 aliphatic heterocycles. The molecule has 0 heterocycles. The minimum atomic E-state index is -3.47. The van der Waals surface area contributed by atoms with Gasteiger partial charge in [0.1, 0.15) is 17.3 Å². The van der Waals surface area contributed by atoms with E-state index < -0.39 is 31.0 Å². The summed E-state index contributed by atoms with van der Waals surface area (Å²) in [5.41, 5.74) is 0.199. The molecule has 0 spiro atoms. The van der Waals surface area contributed by atoms with Crippen molar-refractivity contribution in [3.8, 4) is 0 Å². The van der Waals surface area contributed by atoms with Gasteiger partial charge in [0.2, 0.25) is 0 Å². The normalized spacial score (nSPS) is 14.6. The van der Waals surface area contributed by atoms with Crippen molar-refractivity contribution in [2.75, 3.05) is 20.8 Å². The van der Waals surface area contributed by atoms with Crippen molar-refractivity contribution in [2.24, 2.45) is 11.8 Å². The van der Waals surface area contributed by atoms with Crippen LogP contribution >= 0.6 is 7.60 Å². The average molecular weight is 426 g/mol. The third kappa shape index (κ3) is 9.05. The second-order valence-corrected chi connectivity index (χ2v) is 9.64. The van der Waals surface area contributed by atoms with Gasteiger partial charge in [0.25, 0.3) is 0 Å². The quantitative estimate of drug-likeness (QED) is 0.295. The van der Waals surface area contributed by atoms with Gasteiger partial charge in [-0.3, -0.25) is 14.2 Å². The van der Waals surface area contributed by atoms with Crippen molar-refractivity contribution in [1.29, 1.82) is 0 Å². The smallest absolute Gasteiger partial charge is 0.353 e. The molecule has 0 aromatic heterocycles. The second-order valence-electron chi connectivity index (χ2n) is 7.53. The highest BCUT2D eigenvalue weighted by Crippen LogP contribution is 2.48. The molecule has 8 heteroatoms. The van der Waals surface area contributed by atoms with Crippen LogP contribution < -0.4 is 0 Å². The van der Waals surface area contributed by atoms with Crippen LogP contribution in [0.2, 0.25) is 0 Å². The zero-order chi connectivity index (χ0) is 22.1. The monoisotopic (exact) mass is 426 g/mol. The highest BCUT2D eigenvalue weighted by Gasteiger charge is 2.35. The molecular formula is C21H31O7P. The van der Waals surface area contributed by atoms with Crippen molar-refractivity contribution in [2.45, 2.75) is 39.9 Å². The number of carbonyl (C=O) groups excluding carboxylic acids is 2. The Labute approximate surface area is 172 Å². The van der Waals surface area contributed by atoms with Gasteiger partial charge in [-0.05, 0) is 33.3 Å². The number of hydrogen-bond acceptors (Lipinski definition) is 7. The molecule has 0 aliphatic rings. The van der Waals surface area contributed by atoms with Crippen molar-refractivity contribution < 1.29 is 32.7 Å². The average Bonchev–Trinajstić information content (AvgIpc) is 2.64. The Morgan fingerprint density at radius 3 is 2.17 bits per heavy atom. The third-order valence-electron chi connectivity index (χ3n) is 3.97. The van der Waals surface area contributed by atoms with Crippen molar-refractivity contribution in [3.05, 3.63) is 47.8 Å². The molecule has 0 bridgehead atoms. The van der Waals surface area contributed by atoms with E-state index in [1.54, 1.807) is 20.8 Å². The molecule has 0 aliphatic carbocycles. The van der Waals surface area contributed by atoms with Crippen molar-refractivity contribution in [1.82, 2.24) is 0 Å². The van der Waals surface area contributed by atoms with Crippen LogP contribution in [0, 0.1) is 11.8 Å². The number of esters is 1. The Kier molecular flexibility index (Phi) is 9.93. The van der Waals surface area contributed by atoms with E-state index in [2.05, 4.69) is 0 Å². The first-order valence-electron chi connectivity index (χ1n) is 9.27. The number of rotatable bonds is 11. The van der Waals surface area contributed by atoms with E-state index in [0.717, 1.165) is 5.56 Å². The Balaban J connectivity index is 3.07. The Morgan fingerprint density at radius 2 is 1.69 bits per heavy atom. The molecule has 2 unspecified atom stereocenters. The molecule has 0 saturated carbocycles. The van der Waals surface area contributed by atoms with Gasteiger partial charge < -0.3 is 18.5 Å².